The van der Waals surface area contributed by atoms with Crippen LogP contribution in [0.15, 0.2) is 48.7 Å². The average Bonchev–Trinajstić information content (AvgIpc) is 3.17. The van der Waals surface area contributed by atoms with Gasteiger partial charge in [-0.05, 0) is 68.1 Å². The highest BCUT2D eigenvalue weighted by Gasteiger charge is 2.54. The maximum Gasteiger partial charge on any atom is 0.223 e. The Bertz CT molecular complexity index is 848. The lowest BCUT2D eigenvalue weighted by molar-refractivity contribution is -0.135. The Balaban J connectivity index is 1.39. The van der Waals surface area contributed by atoms with Crippen molar-refractivity contribution in [1.29, 1.82) is 0 Å². The van der Waals surface area contributed by atoms with Crippen LogP contribution in [0.1, 0.15) is 36.4 Å². The predicted octanol–water partition coefficient (Wildman–Crippen LogP) is 2.81. The fraction of sp³-hybridized carbons (Fsp3) is 0.478. The standard InChI is InChI=1S/C23H27N3O2/c27-19-6-3-4-17(14-19)20-15-26(21(28)8-7-18-5-1-2-11-24-18)22-16-9-12-25(13-10-16)23(20)22/h1-6,11,14,16,20,22-23,27H,7-10,12-13,15H2. The summed E-state index contributed by atoms with van der Waals surface area (Å²) in [5.41, 5.74) is 2.13. The Kier molecular flexibility index (Phi) is 4.55. The number of phenolic OH excluding ortho intramolecular Hbond substituents is 1. The lowest BCUT2D eigenvalue weighted by atomic mass is 9.75. The van der Waals surface area contributed by atoms with E-state index in [-0.39, 0.29) is 11.8 Å². The summed E-state index contributed by atoms with van der Waals surface area (Å²) in [6.07, 6.45) is 5.38. The fourth-order valence-corrected chi connectivity index (χ4v) is 5.68. The first-order chi connectivity index (χ1) is 13.7. The molecule has 0 saturated carbocycles. The number of likely N-dealkylation sites (tertiary alicyclic amines) is 1. The summed E-state index contributed by atoms with van der Waals surface area (Å²) < 4.78 is 0. The summed E-state index contributed by atoms with van der Waals surface area (Å²) in [7, 11) is 0. The number of carbonyl (C=O) groups is 1. The number of pyridine rings is 1. The van der Waals surface area contributed by atoms with Gasteiger partial charge < -0.3 is 10.0 Å². The number of benzene rings is 1. The molecule has 5 nitrogen and oxygen atoms in total. The molecule has 1 N–H and O–H groups in total. The minimum Gasteiger partial charge on any atom is -0.508 e. The predicted molar refractivity (Wildman–Crippen MR) is 107 cm³/mol. The molecule has 2 aromatic rings. The van der Waals surface area contributed by atoms with Gasteiger partial charge in [-0.15, -0.1) is 0 Å². The van der Waals surface area contributed by atoms with Crippen LogP contribution >= 0.6 is 0 Å². The molecule has 5 heteroatoms. The number of nitrogens with zero attached hydrogens (tertiary/aromatic N) is 3. The maximum absolute atomic E-state index is 13.2. The third-order valence-electron chi connectivity index (χ3n) is 6.93. The Labute approximate surface area is 166 Å². The van der Waals surface area contributed by atoms with Crippen molar-refractivity contribution in [3.63, 3.8) is 0 Å². The number of aromatic hydroxyl groups is 1. The number of fused-ring (bicyclic) bond motifs is 2. The maximum atomic E-state index is 13.2. The molecule has 0 aliphatic carbocycles. The molecule has 146 valence electrons. The van der Waals surface area contributed by atoms with E-state index < -0.39 is 0 Å². The molecule has 3 atom stereocenters. The van der Waals surface area contributed by atoms with Crippen molar-refractivity contribution >= 4 is 5.91 Å². The van der Waals surface area contributed by atoms with E-state index in [2.05, 4.69) is 20.9 Å². The molecule has 6 rings (SSSR count). The summed E-state index contributed by atoms with van der Waals surface area (Å²) in [6.45, 7) is 3.03. The summed E-state index contributed by atoms with van der Waals surface area (Å²) in [4.78, 5) is 22.3. The van der Waals surface area contributed by atoms with Crippen LogP contribution in [0, 0.1) is 5.92 Å². The molecule has 1 amide bonds. The number of hydrogen-bond acceptors (Lipinski definition) is 4. The van der Waals surface area contributed by atoms with Gasteiger partial charge in [0.25, 0.3) is 0 Å². The molecular formula is C23H27N3O2. The first-order valence-corrected chi connectivity index (χ1v) is 10.4. The van der Waals surface area contributed by atoms with Crippen molar-refractivity contribution in [2.24, 2.45) is 5.92 Å². The van der Waals surface area contributed by atoms with Gasteiger partial charge in [-0.2, -0.15) is 0 Å². The molecule has 28 heavy (non-hydrogen) atoms. The normalized spacial score (nSPS) is 31.0. The Hall–Kier alpha value is -2.40. The van der Waals surface area contributed by atoms with E-state index in [0.717, 1.165) is 30.9 Å². The van der Waals surface area contributed by atoms with Crippen LogP contribution in [-0.4, -0.2) is 57.5 Å². The van der Waals surface area contributed by atoms with Crippen molar-refractivity contribution < 1.29 is 9.90 Å². The minimum absolute atomic E-state index is 0.247. The molecule has 4 saturated heterocycles. The van der Waals surface area contributed by atoms with Crippen molar-refractivity contribution in [3.8, 4) is 5.75 Å². The van der Waals surface area contributed by atoms with Crippen LogP contribution in [0.3, 0.4) is 0 Å². The van der Waals surface area contributed by atoms with Crippen molar-refractivity contribution in [2.75, 3.05) is 19.6 Å². The van der Waals surface area contributed by atoms with E-state index in [4.69, 9.17) is 0 Å². The van der Waals surface area contributed by atoms with Crippen LogP contribution < -0.4 is 0 Å². The molecule has 4 fully saturated rings. The fourth-order valence-electron chi connectivity index (χ4n) is 5.68. The number of aromatic nitrogens is 1. The van der Waals surface area contributed by atoms with Crippen molar-refractivity contribution in [3.05, 3.63) is 59.9 Å². The highest BCUT2D eigenvalue weighted by atomic mass is 16.3. The number of hydrogen-bond donors (Lipinski definition) is 1. The smallest absolute Gasteiger partial charge is 0.223 e. The number of phenols is 1. The second kappa shape index (κ2) is 7.21. The van der Waals surface area contributed by atoms with Gasteiger partial charge in [0.15, 0.2) is 0 Å². The van der Waals surface area contributed by atoms with Crippen LogP contribution in [-0.2, 0) is 11.2 Å². The van der Waals surface area contributed by atoms with E-state index in [1.54, 1.807) is 12.3 Å². The molecular weight excluding hydrogens is 350 g/mol. The molecule has 1 aromatic carbocycles. The van der Waals surface area contributed by atoms with E-state index in [1.165, 1.54) is 12.8 Å². The van der Waals surface area contributed by atoms with Gasteiger partial charge >= 0.3 is 0 Å². The van der Waals surface area contributed by atoms with Gasteiger partial charge in [0.1, 0.15) is 5.75 Å². The zero-order valence-corrected chi connectivity index (χ0v) is 16.1. The van der Waals surface area contributed by atoms with E-state index in [9.17, 15) is 9.90 Å². The number of aryl methyl sites for hydroxylation is 1. The lowest BCUT2D eigenvalue weighted by Gasteiger charge is -2.51. The average molecular weight is 377 g/mol. The quantitative estimate of drug-likeness (QED) is 0.890. The minimum atomic E-state index is 0.247. The molecule has 4 aliphatic rings. The van der Waals surface area contributed by atoms with E-state index in [0.29, 0.717) is 36.6 Å². The Morgan fingerprint density at radius 1 is 1.11 bits per heavy atom. The molecule has 0 radical (unpaired) electrons. The molecule has 0 spiro atoms. The summed E-state index contributed by atoms with van der Waals surface area (Å²) in [5.74, 6) is 1.44. The second-order valence-electron chi connectivity index (χ2n) is 8.42. The van der Waals surface area contributed by atoms with Crippen LogP contribution in [0.5, 0.6) is 5.75 Å². The third-order valence-corrected chi connectivity index (χ3v) is 6.93. The van der Waals surface area contributed by atoms with Gasteiger partial charge in [0.05, 0.1) is 6.04 Å². The van der Waals surface area contributed by atoms with Crippen LogP contribution in [0.25, 0.3) is 0 Å². The number of rotatable bonds is 4. The molecule has 3 unspecified atom stereocenters. The summed E-state index contributed by atoms with van der Waals surface area (Å²) in [6, 6.07) is 14.2. The first kappa shape index (κ1) is 17.7. The van der Waals surface area contributed by atoms with E-state index in [1.807, 2.05) is 30.3 Å². The topological polar surface area (TPSA) is 56.7 Å². The molecule has 2 bridgehead atoms. The Morgan fingerprint density at radius 2 is 1.96 bits per heavy atom. The summed E-state index contributed by atoms with van der Waals surface area (Å²) >= 11 is 0. The van der Waals surface area contributed by atoms with Crippen LogP contribution in [0.2, 0.25) is 0 Å². The monoisotopic (exact) mass is 377 g/mol. The Morgan fingerprint density at radius 3 is 2.71 bits per heavy atom. The van der Waals surface area contributed by atoms with Gasteiger partial charge in [0.2, 0.25) is 5.91 Å². The van der Waals surface area contributed by atoms with Gasteiger partial charge in [-0.1, -0.05) is 18.2 Å². The molecule has 1 aromatic heterocycles. The molecule has 4 aliphatic heterocycles. The zero-order valence-electron chi connectivity index (χ0n) is 16.1. The zero-order chi connectivity index (χ0) is 19.1. The molecule has 5 heterocycles. The number of amides is 1. The SMILES string of the molecule is O=C(CCc1ccccn1)N1CC(c2cccc(O)c2)C2C1C1CCN2CC1. The number of carbonyl (C=O) groups excluding carboxylic acids is 1. The van der Waals surface area contributed by atoms with Gasteiger partial charge in [0, 0.05) is 36.8 Å². The number of piperidine rings is 3. The van der Waals surface area contributed by atoms with Gasteiger partial charge in [-0.3, -0.25) is 14.7 Å². The lowest BCUT2D eigenvalue weighted by Crippen LogP contribution is -2.60. The van der Waals surface area contributed by atoms with Crippen molar-refractivity contribution in [1.82, 2.24) is 14.8 Å². The summed E-state index contributed by atoms with van der Waals surface area (Å²) in [5, 5.41) is 9.99. The largest absolute Gasteiger partial charge is 0.508 e. The second-order valence-corrected chi connectivity index (χ2v) is 8.42. The van der Waals surface area contributed by atoms with Gasteiger partial charge in [-0.25, -0.2) is 0 Å². The van der Waals surface area contributed by atoms with Crippen molar-refractivity contribution in [2.45, 2.75) is 43.7 Å². The van der Waals surface area contributed by atoms with E-state index >= 15 is 0 Å². The third kappa shape index (κ3) is 3.08. The highest BCUT2D eigenvalue weighted by Crippen LogP contribution is 2.47. The first-order valence-electron chi connectivity index (χ1n) is 10.4. The highest BCUT2D eigenvalue weighted by molar-refractivity contribution is 5.77. The van der Waals surface area contributed by atoms with Crippen LogP contribution in [0.4, 0.5) is 0 Å².